The number of carbonyl (C=O) groups is 1. The molecule has 0 saturated carbocycles. The fraction of sp³-hybridized carbons (Fsp3) is 0.0667. The standard InChI is InChI=1S/C15H12BrClN2O3/c1-22-13-7-11(16)6-10(14(13)20)8-18-19-15(21)9-2-4-12(17)5-3-9/h2-8,20H,1H3,(H,19,21)/b18-8+. The molecule has 0 atom stereocenters. The van der Waals surface area contributed by atoms with Gasteiger partial charge < -0.3 is 9.84 Å². The van der Waals surface area contributed by atoms with Gasteiger partial charge in [-0.1, -0.05) is 27.5 Å². The zero-order valence-corrected chi connectivity index (χ0v) is 13.9. The highest BCUT2D eigenvalue weighted by Crippen LogP contribution is 2.32. The molecule has 2 aromatic rings. The first kappa shape index (κ1) is 16.3. The molecule has 0 spiro atoms. The van der Waals surface area contributed by atoms with E-state index in [0.29, 0.717) is 26.4 Å². The van der Waals surface area contributed by atoms with Crippen LogP contribution in [0.25, 0.3) is 0 Å². The summed E-state index contributed by atoms with van der Waals surface area (Å²) >= 11 is 9.06. The van der Waals surface area contributed by atoms with Crippen molar-refractivity contribution in [2.45, 2.75) is 0 Å². The minimum atomic E-state index is -0.380. The van der Waals surface area contributed by atoms with E-state index in [1.165, 1.54) is 13.3 Å². The SMILES string of the molecule is COc1cc(Br)cc(/C=N/NC(=O)c2ccc(Cl)cc2)c1O. The normalized spacial score (nSPS) is 10.7. The molecule has 0 aliphatic rings. The van der Waals surface area contributed by atoms with Crippen molar-refractivity contribution >= 4 is 39.7 Å². The molecule has 0 aliphatic carbocycles. The molecule has 22 heavy (non-hydrogen) atoms. The Morgan fingerprint density at radius 2 is 2.05 bits per heavy atom. The number of phenolic OH excluding ortho intramolecular Hbond substituents is 1. The Morgan fingerprint density at radius 3 is 2.68 bits per heavy atom. The number of nitrogens with zero attached hydrogens (tertiary/aromatic N) is 1. The van der Waals surface area contributed by atoms with Crippen molar-refractivity contribution < 1.29 is 14.6 Å². The van der Waals surface area contributed by atoms with Crippen molar-refractivity contribution in [3.05, 3.63) is 57.0 Å². The Labute approximate surface area is 140 Å². The van der Waals surface area contributed by atoms with E-state index in [4.69, 9.17) is 16.3 Å². The van der Waals surface area contributed by atoms with E-state index >= 15 is 0 Å². The van der Waals surface area contributed by atoms with E-state index in [1.807, 2.05) is 0 Å². The third-order valence-electron chi connectivity index (χ3n) is 2.77. The summed E-state index contributed by atoms with van der Waals surface area (Å²) in [5.74, 6) is -0.135. The van der Waals surface area contributed by atoms with Crippen molar-refractivity contribution in [1.29, 1.82) is 0 Å². The lowest BCUT2D eigenvalue weighted by atomic mass is 10.2. The molecule has 0 heterocycles. The Kier molecular flexibility index (Phi) is 5.41. The van der Waals surface area contributed by atoms with Crippen LogP contribution in [-0.2, 0) is 0 Å². The average Bonchev–Trinajstić information content (AvgIpc) is 2.50. The molecule has 0 aromatic heterocycles. The number of hydrogen-bond acceptors (Lipinski definition) is 4. The Hall–Kier alpha value is -2.05. The van der Waals surface area contributed by atoms with Gasteiger partial charge in [-0.05, 0) is 36.4 Å². The monoisotopic (exact) mass is 382 g/mol. The lowest BCUT2D eigenvalue weighted by molar-refractivity contribution is 0.0955. The van der Waals surface area contributed by atoms with Gasteiger partial charge in [0.05, 0.1) is 13.3 Å². The summed E-state index contributed by atoms with van der Waals surface area (Å²) in [6.07, 6.45) is 1.33. The molecule has 0 radical (unpaired) electrons. The van der Waals surface area contributed by atoms with Gasteiger partial charge in [0.25, 0.3) is 5.91 Å². The summed E-state index contributed by atoms with van der Waals surface area (Å²) in [6.45, 7) is 0. The van der Waals surface area contributed by atoms with Crippen LogP contribution in [-0.4, -0.2) is 24.3 Å². The quantitative estimate of drug-likeness (QED) is 0.626. The topological polar surface area (TPSA) is 70.9 Å². The van der Waals surface area contributed by atoms with Crippen molar-refractivity contribution in [1.82, 2.24) is 5.43 Å². The van der Waals surface area contributed by atoms with Crippen LogP contribution in [0.3, 0.4) is 0 Å². The molecule has 0 aliphatic heterocycles. The zero-order chi connectivity index (χ0) is 16.1. The molecule has 0 fully saturated rings. The second-order valence-corrected chi connectivity index (χ2v) is 5.60. The smallest absolute Gasteiger partial charge is 0.271 e. The van der Waals surface area contributed by atoms with E-state index in [2.05, 4.69) is 26.5 Å². The molecule has 0 unspecified atom stereocenters. The van der Waals surface area contributed by atoms with Crippen LogP contribution < -0.4 is 10.2 Å². The Bertz CT molecular complexity index is 717. The van der Waals surface area contributed by atoms with Gasteiger partial charge in [-0.2, -0.15) is 5.10 Å². The number of phenols is 1. The van der Waals surface area contributed by atoms with Gasteiger partial charge in [0.15, 0.2) is 11.5 Å². The average molecular weight is 384 g/mol. The first-order chi connectivity index (χ1) is 10.5. The van der Waals surface area contributed by atoms with Gasteiger partial charge in [0.1, 0.15) is 0 Å². The number of ether oxygens (including phenoxy) is 1. The van der Waals surface area contributed by atoms with Crippen LogP contribution in [0.1, 0.15) is 15.9 Å². The number of methoxy groups -OCH3 is 1. The first-order valence-corrected chi connectivity index (χ1v) is 7.34. The second kappa shape index (κ2) is 7.29. The predicted molar refractivity (Wildman–Crippen MR) is 88.9 cm³/mol. The number of hydrazone groups is 1. The van der Waals surface area contributed by atoms with Crippen LogP contribution in [0.4, 0.5) is 0 Å². The maximum Gasteiger partial charge on any atom is 0.271 e. The number of carbonyl (C=O) groups excluding carboxylic acids is 1. The molecule has 0 bridgehead atoms. The van der Waals surface area contributed by atoms with Crippen LogP contribution in [0, 0.1) is 0 Å². The Morgan fingerprint density at radius 1 is 1.36 bits per heavy atom. The zero-order valence-electron chi connectivity index (χ0n) is 11.5. The summed E-state index contributed by atoms with van der Waals surface area (Å²) in [4.78, 5) is 11.9. The maximum atomic E-state index is 11.9. The van der Waals surface area contributed by atoms with E-state index in [1.54, 1.807) is 36.4 Å². The molecule has 0 saturated heterocycles. The Balaban J connectivity index is 2.11. The number of hydrogen-bond donors (Lipinski definition) is 2. The largest absolute Gasteiger partial charge is 0.504 e. The fourth-order valence-corrected chi connectivity index (χ4v) is 2.26. The molecular formula is C15H12BrClN2O3. The van der Waals surface area contributed by atoms with Crippen molar-refractivity contribution in [3.8, 4) is 11.5 Å². The summed E-state index contributed by atoms with van der Waals surface area (Å²) < 4.78 is 5.75. The second-order valence-electron chi connectivity index (χ2n) is 4.25. The van der Waals surface area contributed by atoms with Gasteiger partial charge in [-0.15, -0.1) is 0 Å². The first-order valence-electron chi connectivity index (χ1n) is 6.16. The van der Waals surface area contributed by atoms with Gasteiger partial charge in [0, 0.05) is 20.6 Å². The lowest BCUT2D eigenvalue weighted by Crippen LogP contribution is -2.17. The molecule has 1 amide bonds. The highest BCUT2D eigenvalue weighted by atomic mass is 79.9. The molecular weight excluding hydrogens is 372 g/mol. The minimum Gasteiger partial charge on any atom is -0.504 e. The third-order valence-corrected chi connectivity index (χ3v) is 3.48. The third kappa shape index (κ3) is 3.99. The molecule has 2 aromatic carbocycles. The van der Waals surface area contributed by atoms with Crippen molar-refractivity contribution in [3.63, 3.8) is 0 Å². The minimum absolute atomic E-state index is 0.0600. The summed E-state index contributed by atoms with van der Waals surface area (Å²) in [5, 5.41) is 14.3. The number of aromatic hydroxyl groups is 1. The van der Waals surface area contributed by atoms with Gasteiger partial charge >= 0.3 is 0 Å². The van der Waals surface area contributed by atoms with E-state index in [-0.39, 0.29) is 11.7 Å². The van der Waals surface area contributed by atoms with Crippen LogP contribution >= 0.6 is 27.5 Å². The predicted octanol–water partition coefficient (Wildman–Crippen LogP) is 3.58. The number of nitrogens with one attached hydrogen (secondary N) is 1. The van der Waals surface area contributed by atoms with E-state index in [9.17, 15) is 9.90 Å². The fourth-order valence-electron chi connectivity index (χ4n) is 1.67. The van der Waals surface area contributed by atoms with Gasteiger partial charge in [-0.25, -0.2) is 5.43 Å². The number of amides is 1. The van der Waals surface area contributed by atoms with Gasteiger partial charge in [0.2, 0.25) is 0 Å². The van der Waals surface area contributed by atoms with Crippen molar-refractivity contribution in [2.75, 3.05) is 7.11 Å². The van der Waals surface area contributed by atoms with E-state index < -0.39 is 0 Å². The summed E-state index contributed by atoms with van der Waals surface area (Å²) in [7, 11) is 1.45. The summed E-state index contributed by atoms with van der Waals surface area (Å²) in [5.41, 5.74) is 3.20. The van der Waals surface area contributed by atoms with Crippen LogP contribution in [0.5, 0.6) is 11.5 Å². The van der Waals surface area contributed by atoms with Crippen LogP contribution in [0.2, 0.25) is 5.02 Å². The molecule has 114 valence electrons. The van der Waals surface area contributed by atoms with Crippen molar-refractivity contribution in [2.24, 2.45) is 5.10 Å². The lowest BCUT2D eigenvalue weighted by Gasteiger charge is -2.06. The van der Waals surface area contributed by atoms with Gasteiger partial charge in [-0.3, -0.25) is 4.79 Å². The molecule has 5 nitrogen and oxygen atoms in total. The maximum absolute atomic E-state index is 11.9. The van der Waals surface area contributed by atoms with Crippen LogP contribution in [0.15, 0.2) is 46.0 Å². The van der Waals surface area contributed by atoms with E-state index in [0.717, 1.165) is 0 Å². The number of rotatable bonds is 4. The number of benzene rings is 2. The highest BCUT2D eigenvalue weighted by Gasteiger charge is 2.08. The number of halogens is 2. The summed E-state index contributed by atoms with van der Waals surface area (Å²) in [6, 6.07) is 9.69. The molecule has 2 N–H and O–H groups in total. The molecule has 2 rings (SSSR count). The highest BCUT2D eigenvalue weighted by molar-refractivity contribution is 9.10. The molecule has 7 heteroatoms.